The zero-order valence-electron chi connectivity index (χ0n) is 28.2. The van der Waals surface area contributed by atoms with Crippen LogP contribution in [0.1, 0.15) is 34.7 Å². The Balaban J connectivity index is 1.20. The van der Waals surface area contributed by atoms with Gasteiger partial charge in [-0.3, -0.25) is 4.99 Å². The molecule has 244 valence electrons. The first kappa shape index (κ1) is 29.8. The Labute approximate surface area is 300 Å². The number of nitriles is 1. The van der Waals surface area contributed by atoms with Crippen molar-refractivity contribution in [2.45, 2.75) is 12.5 Å². The second kappa shape index (κ2) is 12.1. The summed E-state index contributed by atoms with van der Waals surface area (Å²) in [5.41, 5.74) is 11.5. The van der Waals surface area contributed by atoms with Gasteiger partial charge in [-0.05, 0) is 65.7 Å². The van der Waals surface area contributed by atoms with Gasteiger partial charge >= 0.3 is 0 Å². The molecule has 0 N–H and O–H groups in total. The van der Waals surface area contributed by atoms with Crippen molar-refractivity contribution < 1.29 is 0 Å². The molecule has 9 aromatic rings. The van der Waals surface area contributed by atoms with Crippen LogP contribution in [-0.2, 0) is 0 Å². The summed E-state index contributed by atoms with van der Waals surface area (Å²) < 4.78 is 4.82. The van der Waals surface area contributed by atoms with Gasteiger partial charge in [-0.15, -0.1) is 0 Å². The lowest BCUT2D eigenvalue weighted by Gasteiger charge is -2.22. The van der Waals surface area contributed by atoms with E-state index in [0.29, 0.717) is 17.8 Å². The molecule has 10 rings (SSSR count). The van der Waals surface area contributed by atoms with Crippen LogP contribution in [0.4, 0.5) is 0 Å². The maximum absolute atomic E-state index is 9.66. The molecule has 0 spiro atoms. The Morgan fingerprint density at radius 2 is 1.21 bits per heavy atom. The van der Waals surface area contributed by atoms with Gasteiger partial charge in [-0.25, -0.2) is 4.99 Å². The summed E-state index contributed by atoms with van der Waals surface area (Å²) in [4.78, 5) is 10.3. The Kier molecular flexibility index (Phi) is 6.94. The molecule has 0 aliphatic carbocycles. The second-order valence-corrected chi connectivity index (χ2v) is 13.3. The second-order valence-electron chi connectivity index (χ2n) is 13.3. The SMILES string of the molecule is N#Cc1cccc(C2=NC(c3ccccc3)=NC(c3cccc(-n4c5ccccc5c5ccc6c(c7ccccc7n6-c6ccccc6)c54)c3)C2)c1. The largest absolute Gasteiger partial charge is 0.309 e. The van der Waals surface area contributed by atoms with E-state index in [0.717, 1.165) is 39.3 Å². The lowest BCUT2D eigenvalue weighted by atomic mass is 9.94. The average Bonchev–Trinajstić information content (AvgIpc) is 3.74. The fraction of sp³-hybridized carbons (Fsp3) is 0.0426. The summed E-state index contributed by atoms with van der Waals surface area (Å²) in [6.07, 6.45) is 0.622. The van der Waals surface area contributed by atoms with Crippen LogP contribution in [0.5, 0.6) is 0 Å². The molecule has 52 heavy (non-hydrogen) atoms. The topological polar surface area (TPSA) is 58.4 Å². The van der Waals surface area contributed by atoms with Gasteiger partial charge in [0.2, 0.25) is 0 Å². The highest BCUT2D eigenvalue weighted by Crippen LogP contribution is 2.42. The Morgan fingerprint density at radius 1 is 0.538 bits per heavy atom. The van der Waals surface area contributed by atoms with Crippen molar-refractivity contribution in [3.63, 3.8) is 0 Å². The molecule has 5 heteroatoms. The molecule has 0 saturated heterocycles. The lowest BCUT2D eigenvalue weighted by Crippen LogP contribution is -2.17. The standard InChI is InChI=1S/C47H31N5/c48-30-31-13-11-16-33(27-31)40-29-41(50-47(49-40)32-14-3-1-4-15-32)34-17-12-20-36(28-34)52-42-23-9-7-21-37(42)38-25-26-44-45(46(38)52)39-22-8-10-24-43(39)51(44)35-18-5-2-6-19-35/h1-28,41H,29H2. The fourth-order valence-corrected chi connectivity index (χ4v) is 7.95. The Hall–Kier alpha value is -7.03. The van der Waals surface area contributed by atoms with E-state index >= 15 is 0 Å². The molecule has 1 atom stereocenters. The van der Waals surface area contributed by atoms with Crippen LogP contribution in [0.25, 0.3) is 55.0 Å². The molecule has 0 fully saturated rings. The normalized spacial score (nSPS) is 14.5. The molecule has 1 unspecified atom stereocenters. The monoisotopic (exact) mass is 665 g/mol. The van der Waals surface area contributed by atoms with E-state index in [-0.39, 0.29) is 6.04 Å². The van der Waals surface area contributed by atoms with E-state index in [1.165, 1.54) is 38.1 Å². The van der Waals surface area contributed by atoms with E-state index in [9.17, 15) is 5.26 Å². The minimum atomic E-state index is -0.165. The van der Waals surface area contributed by atoms with Crippen LogP contribution in [0.3, 0.4) is 0 Å². The number of fused-ring (bicyclic) bond motifs is 7. The summed E-state index contributed by atoms with van der Waals surface area (Å²) in [6, 6.07) is 61.5. The van der Waals surface area contributed by atoms with Gasteiger partial charge in [0.25, 0.3) is 0 Å². The Bertz CT molecular complexity index is 2940. The third kappa shape index (κ3) is 4.77. The van der Waals surface area contributed by atoms with Crippen molar-refractivity contribution in [1.29, 1.82) is 5.26 Å². The van der Waals surface area contributed by atoms with Crippen molar-refractivity contribution in [2.24, 2.45) is 9.98 Å². The molecule has 0 radical (unpaired) electrons. The van der Waals surface area contributed by atoms with Crippen molar-refractivity contribution in [3.8, 4) is 17.4 Å². The number of amidine groups is 1. The molecule has 1 aliphatic heterocycles. The highest BCUT2D eigenvalue weighted by molar-refractivity contribution is 6.26. The predicted molar refractivity (Wildman–Crippen MR) is 213 cm³/mol. The van der Waals surface area contributed by atoms with E-state index in [1.807, 2.05) is 42.5 Å². The number of aromatic nitrogens is 2. The molecular formula is C47H31N5. The van der Waals surface area contributed by atoms with Crippen LogP contribution in [0.2, 0.25) is 0 Å². The third-order valence-corrected chi connectivity index (χ3v) is 10.3. The number of aliphatic imine (C=N–C) groups is 2. The molecule has 5 nitrogen and oxygen atoms in total. The van der Waals surface area contributed by atoms with Gasteiger partial charge in [0.1, 0.15) is 0 Å². The van der Waals surface area contributed by atoms with Crippen LogP contribution >= 0.6 is 0 Å². The van der Waals surface area contributed by atoms with Gasteiger partial charge in [0.05, 0.1) is 45.5 Å². The zero-order valence-corrected chi connectivity index (χ0v) is 28.2. The van der Waals surface area contributed by atoms with Crippen LogP contribution in [0.15, 0.2) is 180 Å². The molecule has 2 aromatic heterocycles. The number of nitrogens with zero attached hydrogens (tertiary/aromatic N) is 5. The van der Waals surface area contributed by atoms with Crippen LogP contribution in [0, 0.1) is 11.3 Å². The van der Waals surface area contributed by atoms with Crippen molar-refractivity contribution in [3.05, 3.63) is 192 Å². The summed E-state index contributed by atoms with van der Waals surface area (Å²) >= 11 is 0. The zero-order chi connectivity index (χ0) is 34.6. The van der Waals surface area contributed by atoms with E-state index in [1.54, 1.807) is 0 Å². The number of rotatable bonds is 5. The highest BCUT2D eigenvalue weighted by atomic mass is 15.0. The summed E-state index contributed by atoms with van der Waals surface area (Å²) in [6.45, 7) is 0. The minimum Gasteiger partial charge on any atom is -0.309 e. The van der Waals surface area contributed by atoms with Gasteiger partial charge in [-0.2, -0.15) is 5.26 Å². The van der Waals surface area contributed by atoms with Crippen molar-refractivity contribution in [1.82, 2.24) is 9.13 Å². The number of para-hydroxylation sites is 3. The number of benzene rings is 7. The molecule has 1 aliphatic rings. The lowest BCUT2D eigenvalue weighted by molar-refractivity contribution is 0.752. The summed E-state index contributed by atoms with van der Waals surface area (Å²) in [5.74, 6) is 0.701. The minimum absolute atomic E-state index is 0.165. The molecule has 0 amide bonds. The smallest absolute Gasteiger partial charge is 0.155 e. The molecule has 3 heterocycles. The van der Waals surface area contributed by atoms with E-state index in [4.69, 9.17) is 9.98 Å². The van der Waals surface area contributed by atoms with E-state index in [2.05, 4.69) is 143 Å². The van der Waals surface area contributed by atoms with Crippen molar-refractivity contribution >= 4 is 55.2 Å². The van der Waals surface area contributed by atoms with Crippen LogP contribution in [-0.4, -0.2) is 20.7 Å². The predicted octanol–water partition coefficient (Wildman–Crippen LogP) is 11.1. The van der Waals surface area contributed by atoms with E-state index < -0.39 is 0 Å². The molecule has 0 bridgehead atoms. The molecular weight excluding hydrogens is 635 g/mol. The maximum Gasteiger partial charge on any atom is 0.155 e. The highest BCUT2D eigenvalue weighted by Gasteiger charge is 2.24. The van der Waals surface area contributed by atoms with Crippen molar-refractivity contribution in [2.75, 3.05) is 0 Å². The third-order valence-electron chi connectivity index (χ3n) is 10.3. The summed E-state index contributed by atoms with van der Waals surface area (Å²) in [5, 5.41) is 14.5. The van der Waals surface area contributed by atoms with Gasteiger partial charge < -0.3 is 9.13 Å². The Morgan fingerprint density at radius 3 is 2.02 bits per heavy atom. The molecule has 7 aromatic carbocycles. The summed E-state index contributed by atoms with van der Waals surface area (Å²) in [7, 11) is 0. The van der Waals surface area contributed by atoms with Gasteiger partial charge in [0, 0.05) is 44.9 Å². The quantitative estimate of drug-likeness (QED) is 0.180. The fourth-order valence-electron chi connectivity index (χ4n) is 7.95. The first-order valence-electron chi connectivity index (χ1n) is 17.6. The van der Waals surface area contributed by atoms with Gasteiger partial charge in [-0.1, -0.05) is 115 Å². The number of hydrogen-bond acceptors (Lipinski definition) is 3. The van der Waals surface area contributed by atoms with Gasteiger partial charge in [0.15, 0.2) is 5.84 Å². The molecule has 0 saturated carbocycles. The maximum atomic E-state index is 9.66. The number of hydrogen-bond donors (Lipinski definition) is 0. The first-order chi connectivity index (χ1) is 25.7. The first-order valence-corrected chi connectivity index (χ1v) is 17.6. The van der Waals surface area contributed by atoms with Crippen LogP contribution < -0.4 is 0 Å². The average molecular weight is 666 g/mol.